The van der Waals surface area contributed by atoms with Crippen molar-refractivity contribution in [3.05, 3.63) is 96.1 Å². The molecule has 0 aliphatic heterocycles. The van der Waals surface area contributed by atoms with Gasteiger partial charge in [0.15, 0.2) is 0 Å². The van der Waals surface area contributed by atoms with Crippen LogP contribution in [0.2, 0.25) is 0 Å². The van der Waals surface area contributed by atoms with E-state index < -0.39 is 118 Å². The van der Waals surface area contributed by atoms with Crippen molar-refractivity contribution in [3.8, 4) is 6.01 Å². The van der Waals surface area contributed by atoms with E-state index in [0.29, 0.717) is 46.8 Å². The van der Waals surface area contributed by atoms with E-state index in [1.165, 1.54) is 36.4 Å². The van der Waals surface area contributed by atoms with Crippen molar-refractivity contribution in [2.45, 2.75) is 43.2 Å². The Labute approximate surface area is 400 Å². The molecule has 0 aliphatic carbocycles. The third kappa shape index (κ3) is 11.8. The molecule has 71 heavy (non-hydrogen) atoms. The third-order valence-electron chi connectivity index (χ3n) is 9.69. The molecule has 0 bridgehead atoms. The number of benzene rings is 6. The van der Waals surface area contributed by atoms with Gasteiger partial charge in [-0.25, -0.2) is 0 Å². The number of hydrogen-bond donors (Lipinski definition) is 9. The zero-order valence-electron chi connectivity index (χ0n) is 35.2. The topological polar surface area (TPSA) is 459 Å². The van der Waals surface area contributed by atoms with Gasteiger partial charge in [-0.3, -0.25) is 27.3 Å². The van der Waals surface area contributed by atoms with Crippen LogP contribution in [-0.4, -0.2) is 97.9 Å². The van der Waals surface area contributed by atoms with Crippen LogP contribution < -0.4 is 10.6 Å². The van der Waals surface area contributed by atoms with E-state index in [2.05, 4.69) is 46.0 Å². The van der Waals surface area contributed by atoms with Gasteiger partial charge >= 0.3 is 6.01 Å². The minimum atomic E-state index is -5.27. The van der Waals surface area contributed by atoms with Crippen molar-refractivity contribution in [2.75, 3.05) is 10.6 Å². The average Bonchev–Trinajstić information content (AvgIpc) is 3.22. The Bertz CT molecular complexity index is 3950. The Hall–Kier alpha value is -7.09. The number of nitrogens with one attached hydrogen (secondary N) is 2. The summed E-state index contributed by atoms with van der Waals surface area (Å²) < 4.78 is 204. The second-order valence-electron chi connectivity index (χ2n) is 14.7. The molecule has 372 valence electrons. The fraction of sp³-hybridized carbons (Fsp3) is 0.0541. The number of azo groups is 2. The van der Waals surface area contributed by atoms with E-state index in [1.54, 1.807) is 13.8 Å². The minimum Gasteiger partial charge on any atom is -0.479 e. The van der Waals surface area contributed by atoms with Crippen LogP contribution in [0.4, 0.5) is 46.0 Å². The number of fused-ring (bicyclic) bond motifs is 2. The Balaban J connectivity index is 1.12. The molecule has 7 rings (SSSR count). The summed E-state index contributed by atoms with van der Waals surface area (Å²) in [6, 6.07) is 13.3. The fourth-order valence-corrected chi connectivity index (χ4v) is 10.7. The molecule has 0 amide bonds. The molecule has 0 atom stereocenters. The van der Waals surface area contributed by atoms with Crippen molar-refractivity contribution in [1.82, 2.24) is 15.0 Å². The summed E-state index contributed by atoms with van der Waals surface area (Å²) in [4.78, 5) is 5.38. The molecule has 0 unspecified atom stereocenters. The summed E-state index contributed by atoms with van der Waals surface area (Å²) in [7, 11) is -31.3. The highest BCUT2D eigenvalue weighted by Gasteiger charge is 2.27. The standard InChI is InChI=1S/C37H29N9O19S6/c1-17-7-19(3-5-29(17)45-43-21-9-25-27(31(11-21)68(54,55)56)13-23(66(48,49)50)15-33(25)70(60,61)62)38-35-40-36(42-37(47)41-35)39-20-4-6-30(18(2)8-20)46-44-22-10-26-28(32(12-22)69(57,58)59)14-24(67(51,52)53)16-34(26)71(63,64)65/h3-16H,1-2H3,(H,48,49,50)(H,51,52,53)(H,54,55,56)(H,57,58,59)(H,60,61,62)(H,63,64,65)(H3,38,39,40,41,42,47)/b45-43+,46-44+. The van der Waals surface area contributed by atoms with Crippen LogP contribution in [0.25, 0.3) is 21.5 Å². The second kappa shape index (κ2) is 18.3. The number of rotatable bonds is 14. The van der Waals surface area contributed by atoms with Crippen molar-refractivity contribution >= 4 is 128 Å². The summed E-state index contributed by atoms with van der Waals surface area (Å²) in [5.41, 5.74) is 1.01. The molecular weight excluding hydrogens is 1070 g/mol. The van der Waals surface area contributed by atoms with Gasteiger partial charge < -0.3 is 15.7 Å². The summed E-state index contributed by atoms with van der Waals surface area (Å²) in [5.74, 6) is -0.356. The quantitative estimate of drug-likeness (QED) is 0.0426. The zero-order valence-corrected chi connectivity index (χ0v) is 40.1. The predicted octanol–water partition coefficient (Wildman–Crippen LogP) is 6.30. The van der Waals surface area contributed by atoms with Crippen LogP contribution in [0, 0.1) is 13.8 Å². The number of nitrogens with zero attached hydrogens (tertiary/aromatic N) is 7. The van der Waals surface area contributed by atoms with Crippen LogP contribution in [-0.2, 0) is 60.7 Å². The maximum atomic E-state index is 12.3. The molecular formula is C37H29N9O19S6. The first kappa shape index (κ1) is 51.8. The molecule has 0 spiro atoms. The monoisotopic (exact) mass is 1090 g/mol. The predicted molar refractivity (Wildman–Crippen MR) is 246 cm³/mol. The van der Waals surface area contributed by atoms with Gasteiger partial charge in [0.2, 0.25) is 11.9 Å². The Morgan fingerprint density at radius 2 is 0.718 bits per heavy atom. The van der Waals surface area contributed by atoms with Gasteiger partial charge in [0.25, 0.3) is 60.7 Å². The lowest BCUT2D eigenvalue weighted by atomic mass is 10.1. The smallest absolute Gasteiger partial charge is 0.320 e. The van der Waals surface area contributed by atoms with E-state index in [9.17, 15) is 82.9 Å². The molecule has 0 radical (unpaired) electrons. The van der Waals surface area contributed by atoms with Crippen molar-refractivity contribution in [1.29, 1.82) is 0 Å². The normalized spacial score (nSPS) is 13.1. The molecule has 1 heterocycles. The van der Waals surface area contributed by atoms with Gasteiger partial charge in [-0.15, -0.1) is 0 Å². The number of hydrogen-bond acceptors (Lipinski definition) is 22. The lowest BCUT2D eigenvalue weighted by molar-refractivity contribution is 0.430. The number of aryl methyl sites for hydroxylation is 2. The lowest BCUT2D eigenvalue weighted by Crippen LogP contribution is -2.07. The van der Waals surface area contributed by atoms with Gasteiger partial charge in [-0.05, 0) is 110 Å². The molecule has 6 aromatic carbocycles. The Morgan fingerprint density at radius 3 is 1.03 bits per heavy atom. The zero-order chi connectivity index (χ0) is 52.4. The fourth-order valence-electron chi connectivity index (χ4n) is 6.63. The summed E-state index contributed by atoms with van der Waals surface area (Å²) in [6.07, 6.45) is 0. The second-order valence-corrected chi connectivity index (χ2v) is 23.1. The van der Waals surface area contributed by atoms with Gasteiger partial charge in [-0.2, -0.15) is 85.9 Å². The third-order valence-corrected chi connectivity index (χ3v) is 14.9. The van der Waals surface area contributed by atoms with Gasteiger partial charge in [0, 0.05) is 32.9 Å². The van der Waals surface area contributed by atoms with E-state index >= 15 is 0 Å². The highest BCUT2D eigenvalue weighted by molar-refractivity contribution is 7.88. The molecule has 0 fully saturated rings. The first-order valence-corrected chi connectivity index (χ1v) is 27.4. The van der Waals surface area contributed by atoms with Crippen LogP contribution in [0.1, 0.15) is 11.1 Å². The maximum absolute atomic E-state index is 12.3. The summed E-state index contributed by atoms with van der Waals surface area (Å²) >= 11 is 0. The maximum Gasteiger partial charge on any atom is 0.320 e. The minimum absolute atomic E-state index is 0.156. The molecule has 0 aliphatic rings. The first-order chi connectivity index (χ1) is 32.6. The van der Waals surface area contributed by atoms with Crippen molar-refractivity contribution < 1.29 is 82.9 Å². The van der Waals surface area contributed by atoms with Crippen LogP contribution in [0.3, 0.4) is 0 Å². The van der Waals surface area contributed by atoms with Crippen LogP contribution in [0.15, 0.2) is 135 Å². The molecule has 9 N–H and O–H groups in total. The van der Waals surface area contributed by atoms with E-state index in [4.69, 9.17) is 0 Å². The average molecular weight is 1100 g/mol. The van der Waals surface area contributed by atoms with E-state index in [-0.39, 0.29) is 34.6 Å². The summed E-state index contributed by atoms with van der Waals surface area (Å²) in [5, 5.41) is 29.4. The SMILES string of the molecule is Cc1cc(Nc2nc(O)nc(Nc3ccc(/N=N/c4cc(S(=O)(=O)O)c5cc(S(=O)(=O)O)cc(S(=O)(=O)O)c5c4)c(C)c3)n2)ccc1/N=N/c1cc(S(=O)(=O)O)c2cc(S(=O)(=O)O)cc(S(=O)(=O)O)c2c1. The Morgan fingerprint density at radius 1 is 0.394 bits per heavy atom. The highest BCUT2D eigenvalue weighted by atomic mass is 32.2. The lowest BCUT2D eigenvalue weighted by Gasteiger charge is -2.11. The number of anilines is 4. The highest BCUT2D eigenvalue weighted by Crippen LogP contribution is 2.38. The van der Waals surface area contributed by atoms with Crippen molar-refractivity contribution in [3.63, 3.8) is 0 Å². The molecule has 7 aromatic rings. The van der Waals surface area contributed by atoms with E-state index in [0.717, 1.165) is 24.3 Å². The largest absolute Gasteiger partial charge is 0.479 e. The molecule has 0 saturated carbocycles. The number of aromatic hydroxyl groups is 1. The molecule has 1 aromatic heterocycles. The molecule has 34 heteroatoms. The molecule has 28 nitrogen and oxygen atoms in total. The van der Waals surface area contributed by atoms with Gasteiger partial charge in [0.1, 0.15) is 19.6 Å². The Kier molecular flexibility index (Phi) is 13.3. The first-order valence-electron chi connectivity index (χ1n) is 18.8. The van der Waals surface area contributed by atoms with Crippen LogP contribution >= 0.6 is 0 Å². The molecule has 0 saturated heterocycles. The number of aromatic nitrogens is 3. The van der Waals surface area contributed by atoms with Crippen LogP contribution in [0.5, 0.6) is 6.01 Å². The van der Waals surface area contributed by atoms with Gasteiger partial charge in [0.05, 0.1) is 32.5 Å². The summed E-state index contributed by atoms with van der Waals surface area (Å²) in [6.45, 7) is 3.14. The van der Waals surface area contributed by atoms with Crippen molar-refractivity contribution in [2.24, 2.45) is 20.5 Å². The van der Waals surface area contributed by atoms with Gasteiger partial charge in [-0.1, -0.05) is 0 Å². The van der Waals surface area contributed by atoms with E-state index in [1.807, 2.05) is 0 Å².